The summed E-state index contributed by atoms with van der Waals surface area (Å²) in [6.07, 6.45) is 6.14. The van der Waals surface area contributed by atoms with E-state index in [1.165, 1.54) is 0 Å². The minimum absolute atomic E-state index is 0.117. The van der Waals surface area contributed by atoms with Crippen LogP contribution >= 0.6 is 0 Å². The minimum Gasteiger partial charge on any atom is -0.452 e. The first-order valence-corrected chi connectivity index (χ1v) is 7.33. The molecule has 0 aromatic rings. The zero-order valence-corrected chi connectivity index (χ0v) is 12.4. The molecule has 3 aliphatic rings. The van der Waals surface area contributed by atoms with Crippen molar-refractivity contribution in [2.45, 2.75) is 71.0 Å². The van der Waals surface area contributed by atoms with Gasteiger partial charge in [0.15, 0.2) is 0 Å². The maximum absolute atomic E-state index is 11.7. The van der Waals surface area contributed by atoms with Gasteiger partial charge in [-0.2, -0.15) is 0 Å². The average molecular weight is 264 g/mol. The first-order valence-electron chi connectivity index (χ1n) is 7.33. The van der Waals surface area contributed by atoms with E-state index in [9.17, 15) is 9.90 Å². The molecule has 19 heavy (non-hydrogen) atoms. The Hall–Kier alpha value is -0.830. The molecule has 1 aliphatic heterocycles. The van der Waals surface area contributed by atoms with Gasteiger partial charge in [0.1, 0.15) is 5.60 Å². The van der Waals surface area contributed by atoms with Crippen molar-refractivity contribution in [3.8, 4) is 0 Å². The highest BCUT2D eigenvalue weighted by molar-refractivity contribution is 5.87. The summed E-state index contributed by atoms with van der Waals surface area (Å²) in [5.74, 6) is -0.244. The molecule has 3 atom stereocenters. The van der Waals surface area contributed by atoms with Crippen LogP contribution in [0.1, 0.15) is 59.8 Å². The molecule has 2 aliphatic carbocycles. The van der Waals surface area contributed by atoms with Crippen molar-refractivity contribution in [2.75, 3.05) is 0 Å². The molecule has 106 valence electrons. The number of carbonyl (C=O) groups excluding carboxylic acids is 1. The van der Waals surface area contributed by atoms with E-state index in [4.69, 9.17) is 4.74 Å². The van der Waals surface area contributed by atoms with E-state index < -0.39 is 11.2 Å². The number of esters is 1. The van der Waals surface area contributed by atoms with Gasteiger partial charge in [-0.3, -0.25) is 0 Å². The Kier molecular flexibility index (Phi) is 2.38. The summed E-state index contributed by atoms with van der Waals surface area (Å²) in [7, 11) is 0. The van der Waals surface area contributed by atoms with Gasteiger partial charge in [0.25, 0.3) is 0 Å². The average Bonchev–Trinajstić information content (AvgIpc) is 2.60. The van der Waals surface area contributed by atoms with Crippen LogP contribution in [-0.2, 0) is 9.53 Å². The monoisotopic (exact) mass is 264 g/mol. The quantitative estimate of drug-likeness (QED) is 0.684. The van der Waals surface area contributed by atoms with Crippen molar-refractivity contribution in [2.24, 2.45) is 10.8 Å². The number of hydrogen-bond donors (Lipinski definition) is 1. The van der Waals surface area contributed by atoms with Gasteiger partial charge in [-0.1, -0.05) is 27.2 Å². The second kappa shape index (κ2) is 3.43. The number of fused-ring (bicyclic) bond motifs is 3. The summed E-state index contributed by atoms with van der Waals surface area (Å²) in [6.45, 7) is 8.44. The molecule has 0 aromatic heterocycles. The fourth-order valence-electron chi connectivity index (χ4n) is 4.94. The first kappa shape index (κ1) is 13.2. The van der Waals surface area contributed by atoms with Crippen LogP contribution in [0.5, 0.6) is 0 Å². The fourth-order valence-corrected chi connectivity index (χ4v) is 4.94. The van der Waals surface area contributed by atoms with E-state index in [1.807, 2.05) is 6.92 Å². The lowest BCUT2D eigenvalue weighted by Gasteiger charge is -2.62. The Morgan fingerprint density at radius 2 is 1.79 bits per heavy atom. The van der Waals surface area contributed by atoms with E-state index in [0.717, 1.165) is 31.3 Å². The van der Waals surface area contributed by atoms with E-state index >= 15 is 0 Å². The summed E-state index contributed by atoms with van der Waals surface area (Å²) in [5, 5.41) is 11.4. The lowest BCUT2D eigenvalue weighted by Crippen LogP contribution is -2.65. The molecular weight excluding hydrogens is 240 g/mol. The SMILES string of the molecule is CC1(C)CCC[C@]2(C)C3=CC(=O)O[C@]3(C)CC[C@@]12O. The van der Waals surface area contributed by atoms with E-state index in [0.29, 0.717) is 6.42 Å². The minimum atomic E-state index is -0.739. The Labute approximate surface area is 115 Å². The highest BCUT2D eigenvalue weighted by atomic mass is 16.6. The molecule has 1 heterocycles. The molecule has 3 nitrogen and oxygen atoms in total. The molecule has 2 saturated carbocycles. The van der Waals surface area contributed by atoms with Gasteiger partial charge in [0.2, 0.25) is 0 Å². The highest BCUT2D eigenvalue weighted by Gasteiger charge is 2.66. The van der Waals surface area contributed by atoms with Crippen molar-refractivity contribution in [3.05, 3.63) is 11.6 Å². The molecule has 0 saturated heterocycles. The molecule has 1 N–H and O–H groups in total. The number of rotatable bonds is 0. The van der Waals surface area contributed by atoms with Crippen LogP contribution < -0.4 is 0 Å². The van der Waals surface area contributed by atoms with E-state index in [2.05, 4.69) is 20.8 Å². The lowest BCUT2D eigenvalue weighted by atomic mass is 9.45. The molecule has 0 unspecified atom stereocenters. The maximum atomic E-state index is 11.7. The summed E-state index contributed by atoms with van der Waals surface area (Å²) in [5.41, 5.74) is -0.670. The fraction of sp³-hybridized carbons (Fsp3) is 0.812. The van der Waals surface area contributed by atoms with Crippen LogP contribution in [0.25, 0.3) is 0 Å². The lowest BCUT2D eigenvalue weighted by molar-refractivity contribution is -0.205. The van der Waals surface area contributed by atoms with Gasteiger partial charge in [0, 0.05) is 11.5 Å². The van der Waals surface area contributed by atoms with Crippen molar-refractivity contribution in [1.82, 2.24) is 0 Å². The van der Waals surface area contributed by atoms with Crippen LogP contribution in [-0.4, -0.2) is 22.3 Å². The summed E-state index contributed by atoms with van der Waals surface area (Å²) < 4.78 is 5.54. The van der Waals surface area contributed by atoms with Gasteiger partial charge in [0.05, 0.1) is 5.60 Å². The molecular formula is C16H24O3. The maximum Gasteiger partial charge on any atom is 0.331 e. The third-order valence-electron chi connectivity index (χ3n) is 6.23. The molecule has 0 bridgehead atoms. The van der Waals surface area contributed by atoms with Gasteiger partial charge >= 0.3 is 5.97 Å². The van der Waals surface area contributed by atoms with Crippen LogP contribution in [0, 0.1) is 10.8 Å². The summed E-state index contributed by atoms with van der Waals surface area (Å²) in [4.78, 5) is 11.7. The van der Waals surface area contributed by atoms with Gasteiger partial charge in [-0.25, -0.2) is 4.79 Å². The molecule has 3 heteroatoms. The van der Waals surface area contributed by atoms with E-state index in [1.54, 1.807) is 6.08 Å². The van der Waals surface area contributed by atoms with Crippen LogP contribution in [0.3, 0.4) is 0 Å². The first-order chi connectivity index (χ1) is 8.65. The number of aliphatic hydroxyl groups is 1. The van der Waals surface area contributed by atoms with Gasteiger partial charge < -0.3 is 9.84 Å². The summed E-state index contributed by atoms with van der Waals surface area (Å²) in [6, 6.07) is 0. The van der Waals surface area contributed by atoms with Crippen molar-refractivity contribution < 1.29 is 14.6 Å². The molecule has 0 spiro atoms. The number of hydrogen-bond acceptors (Lipinski definition) is 3. The molecule has 3 rings (SSSR count). The highest BCUT2D eigenvalue weighted by Crippen LogP contribution is 2.65. The third kappa shape index (κ3) is 1.40. The van der Waals surface area contributed by atoms with Crippen LogP contribution in [0.4, 0.5) is 0 Å². The Bertz CT molecular complexity index is 478. The molecule has 0 amide bonds. The Morgan fingerprint density at radius 3 is 2.47 bits per heavy atom. The number of ether oxygens (including phenoxy) is 1. The van der Waals surface area contributed by atoms with E-state index in [-0.39, 0.29) is 16.8 Å². The zero-order valence-electron chi connectivity index (χ0n) is 12.4. The molecule has 0 aromatic carbocycles. The topological polar surface area (TPSA) is 46.5 Å². The van der Waals surface area contributed by atoms with Crippen molar-refractivity contribution >= 4 is 5.97 Å². The predicted molar refractivity (Wildman–Crippen MR) is 72.5 cm³/mol. The summed E-state index contributed by atoms with van der Waals surface area (Å²) >= 11 is 0. The van der Waals surface area contributed by atoms with Gasteiger partial charge in [-0.05, 0) is 43.6 Å². The molecule has 2 fully saturated rings. The standard InChI is InChI=1S/C16H24O3/c1-13(2)6-5-7-14(3)11-10-12(17)19-15(11,4)8-9-16(13,14)18/h10,18H,5-9H2,1-4H3/t14-,15-,16-/m1/s1. The van der Waals surface area contributed by atoms with Crippen LogP contribution in [0.2, 0.25) is 0 Å². The Balaban J connectivity index is 2.16. The van der Waals surface area contributed by atoms with Crippen molar-refractivity contribution in [3.63, 3.8) is 0 Å². The van der Waals surface area contributed by atoms with Gasteiger partial charge in [-0.15, -0.1) is 0 Å². The zero-order chi connectivity index (χ0) is 14.1. The number of carbonyl (C=O) groups is 1. The predicted octanol–water partition coefficient (Wildman–Crippen LogP) is 2.97. The van der Waals surface area contributed by atoms with Crippen LogP contribution in [0.15, 0.2) is 11.6 Å². The largest absolute Gasteiger partial charge is 0.452 e. The third-order valence-corrected chi connectivity index (χ3v) is 6.23. The second-order valence-corrected chi connectivity index (χ2v) is 7.64. The van der Waals surface area contributed by atoms with Crippen molar-refractivity contribution in [1.29, 1.82) is 0 Å². The normalized spacial score (nSPS) is 48.1. The molecule has 0 radical (unpaired) electrons. The smallest absolute Gasteiger partial charge is 0.331 e. The Morgan fingerprint density at radius 1 is 1.11 bits per heavy atom. The second-order valence-electron chi connectivity index (χ2n) is 7.64.